The van der Waals surface area contributed by atoms with Crippen molar-refractivity contribution in [2.45, 2.75) is 24.5 Å². The van der Waals surface area contributed by atoms with E-state index in [1.807, 2.05) is 11.1 Å². The Morgan fingerprint density at radius 3 is 2.27 bits per heavy atom. The van der Waals surface area contributed by atoms with Crippen molar-refractivity contribution in [3.8, 4) is 0 Å². The van der Waals surface area contributed by atoms with Gasteiger partial charge in [-0.15, -0.1) is 0 Å². The predicted octanol–water partition coefficient (Wildman–Crippen LogP) is -0.786. The van der Waals surface area contributed by atoms with E-state index >= 15 is 0 Å². The summed E-state index contributed by atoms with van der Waals surface area (Å²) in [6.07, 6.45) is -3.58. The first-order valence-corrected chi connectivity index (χ1v) is 7.91. The molecular weight excluding hydrogens is 368 g/mol. The first kappa shape index (κ1) is 20.0. The van der Waals surface area contributed by atoms with E-state index in [0.717, 1.165) is 16.8 Å². The summed E-state index contributed by atoms with van der Waals surface area (Å²) in [5.41, 5.74) is -0.788. The number of rotatable bonds is 3. The third-order valence-corrected chi connectivity index (χ3v) is 3.86. The molecule has 1 fully saturated rings. The van der Waals surface area contributed by atoms with Crippen LogP contribution in [0.25, 0.3) is 0 Å². The van der Waals surface area contributed by atoms with E-state index < -0.39 is 47.6 Å². The molecule has 0 spiro atoms. The lowest BCUT2D eigenvalue weighted by atomic mass is 10.1. The molecule has 140 valence electrons. The topological polar surface area (TPSA) is 142 Å². The van der Waals surface area contributed by atoms with E-state index in [-0.39, 0.29) is 0 Å². The molecule has 0 saturated carbocycles. The van der Waals surface area contributed by atoms with Crippen LogP contribution in [0.5, 0.6) is 0 Å². The fraction of sp³-hybridized carbons (Fsp3) is 0.312. The van der Waals surface area contributed by atoms with Crippen molar-refractivity contribution in [1.82, 2.24) is 9.55 Å². The standard InChI is InChI=1S/C9H12N2O6.C7H5ClO/c12-3-4-6(14)7(15)8(17-4)11-2-1-5(13)10-9(11)16;8-7(9)6-4-2-1-3-5-6/h1-2,4,6-8,12,14-15H,3H2,(H,10,13,16);1-5H/t4-,6-,7-,8-;/m1./s1. The summed E-state index contributed by atoms with van der Waals surface area (Å²) in [7, 11) is 0. The summed E-state index contributed by atoms with van der Waals surface area (Å²) in [6.45, 7) is -0.479. The Balaban J connectivity index is 0.000000228. The molecule has 1 aliphatic heterocycles. The number of ether oxygens (including phenoxy) is 1. The number of carbonyl (C=O) groups excluding carboxylic acids is 1. The van der Waals surface area contributed by atoms with Gasteiger partial charge in [0.25, 0.3) is 10.8 Å². The summed E-state index contributed by atoms with van der Waals surface area (Å²) < 4.78 is 6.08. The van der Waals surface area contributed by atoms with Crippen molar-refractivity contribution >= 4 is 16.8 Å². The van der Waals surface area contributed by atoms with Crippen LogP contribution in [0.15, 0.2) is 52.2 Å². The number of carbonyl (C=O) groups is 1. The van der Waals surface area contributed by atoms with E-state index in [1.54, 1.807) is 24.3 Å². The Morgan fingerprint density at radius 1 is 1.15 bits per heavy atom. The van der Waals surface area contributed by atoms with Crippen molar-refractivity contribution < 1.29 is 24.9 Å². The van der Waals surface area contributed by atoms with Crippen molar-refractivity contribution in [1.29, 1.82) is 0 Å². The largest absolute Gasteiger partial charge is 0.394 e. The predicted molar refractivity (Wildman–Crippen MR) is 91.0 cm³/mol. The normalized spacial score (nSPS) is 24.6. The second-order valence-corrected chi connectivity index (χ2v) is 5.73. The molecule has 4 atom stereocenters. The molecule has 4 N–H and O–H groups in total. The highest BCUT2D eigenvalue weighted by atomic mass is 35.5. The summed E-state index contributed by atoms with van der Waals surface area (Å²) in [6, 6.07) is 9.83. The maximum atomic E-state index is 11.4. The molecule has 1 aromatic heterocycles. The lowest BCUT2D eigenvalue weighted by Crippen LogP contribution is -2.37. The number of aromatic nitrogens is 2. The number of aromatic amines is 1. The van der Waals surface area contributed by atoms with E-state index in [0.29, 0.717) is 5.56 Å². The van der Waals surface area contributed by atoms with Gasteiger partial charge in [-0.25, -0.2) is 4.79 Å². The highest BCUT2D eigenvalue weighted by Gasteiger charge is 2.43. The molecule has 0 bridgehead atoms. The van der Waals surface area contributed by atoms with E-state index in [1.165, 1.54) is 0 Å². The summed E-state index contributed by atoms with van der Waals surface area (Å²) in [5.74, 6) is 0. The molecule has 1 saturated heterocycles. The molecule has 1 aromatic carbocycles. The van der Waals surface area contributed by atoms with Crippen molar-refractivity contribution in [2.75, 3.05) is 6.61 Å². The Hall–Kier alpha value is -2.30. The van der Waals surface area contributed by atoms with Gasteiger partial charge < -0.3 is 20.1 Å². The summed E-state index contributed by atoms with van der Waals surface area (Å²) in [5, 5.41) is 27.7. The second kappa shape index (κ2) is 8.88. The molecule has 2 aromatic rings. The van der Waals surface area contributed by atoms with Crippen LogP contribution in [0.1, 0.15) is 16.6 Å². The molecule has 0 radical (unpaired) electrons. The van der Waals surface area contributed by atoms with Crippen LogP contribution < -0.4 is 11.2 Å². The number of aliphatic hydroxyl groups is 3. The van der Waals surface area contributed by atoms with Crippen molar-refractivity contribution in [2.24, 2.45) is 0 Å². The van der Waals surface area contributed by atoms with Gasteiger partial charge in [-0.05, 0) is 11.6 Å². The van der Waals surface area contributed by atoms with Gasteiger partial charge in [-0.1, -0.05) is 30.3 Å². The van der Waals surface area contributed by atoms with Gasteiger partial charge in [0.05, 0.1) is 6.61 Å². The Bertz CT molecular complexity index is 851. The zero-order valence-corrected chi connectivity index (χ0v) is 14.1. The van der Waals surface area contributed by atoms with Gasteiger partial charge in [0, 0.05) is 17.8 Å². The van der Waals surface area contributed by atoms with Gasteiger partial charge in [0.2, 0.25) is 0 Å². The van der Waals surface area contributed by atoms with Gasteiger partial charge in [0.1, 0.15) is 18.3 Å². The molecule has 3 rings (SSSR count). The van der Waals surface area contributed by atoms with Crippen LogP contribution >= 0.6 is 11.6 Å². The SMILES string of the molecule is O=C(Cl)c1ccccc1.O=c1ccn([C@@H]2O[C@H](CO)[C@@H](O)[C@H]2O)c(=O)[nH]1. The summed E-state index contributed by atoms with van der Waals surface area (Å²) in [4.78, 5) is 34.7. The molecule has 0 aliphatic carbocycles. The maximum Gasteiger partial charge on any atom is 0.330 e. The quantitative estimate of drug-likeness (QED) is 0.508. The minimum atomic E-state index is -1.35. The highest BCUT2D eigenvalue weighted by molar-refractivity contribution is 6.67. The molecule has 0 amide bonds. The molecule has 1 aliphatic rings. The molecule has 9 nitrogen and oxygen atoms in total. The number of hydrogen-bond acceptors (Lipinski definition) is 7. The van der Waals surface area contributed by atoms with Gasteiger partial charge >= 0.3 is 5.69 Å². The highest BCUT2D eigenvalue weighted by Crippen LogP contribution is 2.27. The van der Waals surface area contributed by atoms with Crippen LogP contribution in [-0.4, -0.2) is 55.0 Å². The average molecular weight is 385 g/mol. The number of nitrogens with one attached hydrogen (secondary N) is 1. The van der Waals surface area contributed by atoms with Crippen molar-refractivity contribution in [3.63, 3.8) is 0 Å². The first-order valence-electron chi connectivity index (χ1n) is 7.54. The molecule has 10 heteroatoms. The summed E-state index contributed by atoms with van der Waals surface area (Å²) >= 11 is 5.16. The van der Waals surface area contributed by atoms with Crippen LogP contribution in [0.4, 0.5) is 0 Å². The molecule has 0 unspecified atom stereocenters. The van der Waals surface area contributed by atoms with Crippen LogP contribution in [-0.2, 0) is 4.74 Å². The number of aliphatic hydroxyl groups excluding tert-OH is 3. The minimum absolute atomic E-state index is 0.407. The van der Waals surface area contributed by atoms with Crippen molar-refractivity contribution in [3.05, 3.63) is 69.0 Å². The van der Waals surface area contributed by atoms with Crippen LogP contribution in [0.3, 0.4) is 0 Å². The van der Waals surface area contributed by atoms with Gasteiger partial charge in [0.15, 0.2) is 6.23 Å². The fourth-order valence-electron chi connectivity index (χ4n) is 2.31. The number of halogens is 1. The van der Waals surface area contributed by atoms with E-state index in [4.69, 9.17) is 21.4 Å². The average Bonchev–Trinajstić information content (AvgIpc) is 2.91. The Kier molecular flexibility index (Phi) is 6.83. The zero-order valence-electron chi connectivity index (χ0n) is 13.4. The minimum Gasteiger partial charge on any atom is -0.394 e. The number of hydrogen-bond donors (Lipinski definition) is 4. The number of H-pyrrole nitrogens is 1. The monoisotopic (exact) mass is 384 g/mol. The maximum absolute atomic E-state index is 11.4. The second-order valence-electron chi connectivity index (χ2n) is 5.39. The molecular formula is C16H17ClN2O7. The smallest absolute Gasteiger partial charge is 0.330 e. The third kappa shape index (κ3) is 4.65. The fourth-order valence-corrected chi connectivity index (χ4v) is 2.43. The van der Waals surface area contributed by atoms with Crippen LogP contribution in [0.2, 0.25) is 0 Å². The Labute approximate surface area is 152 Å². The number of nitrogens with zero attached hydrogens (tertiary/aromatic N) is 1. The Morgan fingerprint density at radius 2 is 1.81 bits per heavy atom. The van der Waals surface area contributed by atoms with Crippen LogP contribution in [0, 0.1) is 0 Å². The lowest BCUT2D eigenvalue weighted by molar-refractivity contribution is -0.0550. The molecule has 26 heavy (non-hydrogen) atoms. The van der Waals surface area contributed by atoms with Gasteiger partial charge in [-0.3, -0.25) is 19.1 Å². The number of benzene rings is 1. The third-order valence-electron chi connectivity index (χ3n) is 3.64. The van der Waals surface area contributed by atoms with E-state index in [9.17, 15) is 24.6 Å². The van der Waals surface area contributed by atoms with E-state index in [2.05, 4.69) is 0 Å². The van der Waals surface area contributed by atoms with Gasteiger partial charge in [-0.2, -0.15) is 0 Å². The molecule has 2 heterocycles. The lowest BCUT2D eigenvalue weighted by Gasteiger charge is -2.16. The zero-order chi connectivity index (χ0) is 19.3. The first-order chi connectivity index (χ1) is 12.3.